The molecular weight excluding hydrogens is 661 g/mol. The van der Waals surface area contributed by atoms with Crippen LogP contribution in [-0.4, -0.2) is 37.2 Å². The van der Waals surface area contributed by atoms with Crippen LogP contribution >= 0.6 is 0 Å². The van der Waals surface area contributed by atoms with Gasteiger partial charge < -0.3 is 14.2 Å². The average molecular weight is 751 g/mol. The normalized spacial score (nSPS) is 12.6. The highest BCUT2D eigenvalue weighted by atomic mass is 16.6. The maximum absolute atomic E-state index is 12.7. The van der Waals surface area contributed by atoms with Crippen molar-refractivity contribution in [1.82, 2.24) is 0 Å². The van der Waals surface area contributed by atoms with Crippen LogP contribution in [0.1, 0.15) is 253 Å². The van der Waals surface area contributed by atoms with Crippen molar-refractivity contribution in [3.63, 3.8) is 0 Å². The molecule has 0 saturated carbocycles. The van der Waals surface area contributed by atoms with Gasteiger partial charge in [0, 0.05) is 19.3 Å². The Balaban J connectivity index is 4.34. The molecule has 1 unspecified atom stereocenters. The number of hydrogen-bond donors (Lipinski definition) is 0. The Bertz CT molecular complexity index is 811. The highest BCUT2D eigenvalue weighted by Crippen LogP contribution is 2.17. The lowest BCUT2D eigenvalue weighted by molar-refractivity contribution is -0.167. The molecule has 0 aliphatic carbocycles. The third-order valence-electron chi connectivity index (χ3n) is 10.8. The number of hydrogen-bond acceptors (Lipinski definition) is 6. The van der Waals surface area contributed by atoms with Crippen molar-refractivity contribution in [2.75, 3.05) is 13.2 Å². The fourth-order valence-electron chi connectivity index (χ4n) is 6.90. The summed E-state index contributed by atoms with van der Waals surface area (Å²) in [6, 6.07) is 0. The molecule has 53 heavy (non-hydrogen) atoms. The van der Waals surface area contributed by atoms with Crippen molar-refractivity contribution in [3.8, 4) is 0 Å². The maximum Gasteiger partial charge on any atom is 0.306 e. The summed E-state index contributed by atoms with van der Waals surface area (Å²) in [4.78, 5) is 37.7. The van der Waals surface area contributed by atoms with Crippen molar-refractivity contribution in [1.29, 1.82) is 0 Å². The number of unbranched alkanes of at least 4 members (excludes halogenated alkanes) is 25. The van der Waals surface area contributed by atoms with E-state index in [1.807, 2.05) is 0 Å². The molecule has 314 valence electrons. The molecule has 0 aromatic carbocycles. The number of ether oxygens (including phenoxy) is 3. The van der Waals surface area contributed by atoms with Crippen LogP contribution in [0, 0.1) is 11.8 Å². The molecule has 0 fully saturated rings. The molecule has 0 aliphatic rings. The topological polar surface area (TPSA) is 78.9 Å². The van der Waals surface area contributed by atoms with E-state index in [4.69, 9.17) is 14.2 Å². The van der Waals surface area contributed by atoms with Crippen molar-refractivity contribution in [2.45, 2.75) is 259 Å². The Kier molecular flexibility index (Phi) is 38.9. The minimum atomic E-state index is -0.761. The fraction of sp³-hybridized carbons (Fsp3) is 0.936. The van der Waals surface area contributed by atoms with Gasteiger partial charge in [-0.15, -0.1) is 0 Å². The summed E-state index contributed by atoms with van der Waals surface area (Å²) in [6.45, 7) is 11.3. The monoisotopic (exact) mass is 751 g/mol. The lowest BCUT2D eigenvalue weighted by atomic mass is 9.99. The van der Waals surface area contributed by atoms with E-state index in [0.717, 1.165) is 69.6 Å². The predicted molar refractivity (Wildman–Crippen MR) is 224 cm³/mol. The predicted octanol–water partition coefficient (Wildman–Crippen LogP) is 14.6. The van der Waals surface area contributed by atoms with Crippen LogP contribution in [0.2, 0.25) is 0 Å². The summed E-state index contributed by atoms with van der Waals surface area (Å²) < 4.78 is 16.7. The molecule has 6 nitrogen and oxygen atoms in total. The number of carbonyl (C=O) groups is 3. The van der Waals surface area contributed by atoms with Gasteiger partial charge in [0.05, 0.1) is 0 Å². The van der Waals surface area contributed by atoms with Crippen LogP contribution in [0.3, 0.4) is 0 Å². The average Bonchev–Trinajstić information content (AvgIpc) is 3.14. The first-order chi connectivity index (χ1) is 25.8. The zero-order valence-corrected chi connectivity index (χ0v) is 36.1. The minimum Gasteiger partial charge on any atom is -0.462 e. The summed E-state index contributed by atoms with van der Waals surface area (Å²) in [7, 11) is 0. The highest BCUT2D eigenvalue weighted by molar-refractivity contribution is 5.71. The van der Waals surface area contributed by atoms with E-state index < -0.39 is 6.10 Å². The van der Waals surface area contributed by atoms with Gasteiger partial charge in [0.15, 0.2) is 6.10 Å². The molecular formula is C47H90O6. The van der Waals surface area contributed by atoms with Crippen LogP contribution in [0.25, 0.3) is 0 Å². The van der Waals surface area contributed by atoms with Crippen molar-refractivity contribution >= 4 is 17.9 Å². The van der Waals surface area contributed by atoms with Gasteiger partial charge in [-0.25, -0.2) is 0 Å². The Morgan fingerprint density at radius 3 is 1.08 bits per heavy atom. The standard InChI is InChI=1S/C47H90O6/c1-6-8-9-10-11-12-13-14-15-16-23-29-34-39-47(50)53-44(41-52-46(49)38-33-28-24-19-20-25-30-35-42(3)4)40-51-45(48)37-32-27-22-18-17-21-26-31-36-43(5)7-2/h42-44H,6-41H2,1-5H3/t43?,44-/m0/s1. The van der Waals surface area contributed by atoms with Gasteiger partial charge in [-0.05, 0) is 31.1 Å². The van der Waals surface area contributed by atoms with E-state index in [1.54, 1.807) is 0 Å². The van der Waals surface area contributed by atoms with Crippen molar-refractivity contribution in [2.24, 2.45) is 11.8 Å². The summed E-state index contributed by atoms with van der Waals surface area (Å²) in [5.74, 6) is 0.770. The molecule has 6 heteroatoms. The van der Waals surface area contributed by atoms with Gasteiger partial charge in [-0.1, -0.05) is 214 Å². The van der Waals surface area contributed by atoms with Gasteiger partial charge >= 0.3 is 17.9 Å². The summed E-state index contributed by atoms with van der Waals surface area (Å²) in [5, 5.41) is 0. The van der Waals surface area contributed by atoms with Crippen LogP contribution in [0.15, 0.2) is 0 Å². The molecule has 0 aliphatic heterocycles. The molecule has 0 radical (unpaired) electrons. The van der Waals surface area contributed by atoms with E-state index in [9.17, 15) is 14.4 Å². The van der Waals surface area contributed by atoms with E-state index >= 15 is 0 Å². The summed E-state index contributed by atoms with van der Waals surface area (Å²) in [6.07, 6.45) is 38.0. The van der Waals surface area contributed by atoms with Gasteiger partial charge in [-0.2, -0.15) is 0 Å². The number of carbonyl (C=O) groups excluding carboxylic acids is 3. The lowest BCUT2D eigenvalue weighted by Crippen LogP contribution is -2.30. The SMILES string of the molecule is CCCCCCCCCCCCCCCC(=O)O[C@@H](COC(=O)CCCCCCCCCCC(C)CC)COC(=O)CCCCCCCCCC(C)C. The molecule has 0 N–H and O–H groups in total. The van der Waals surface area contributed by atoms with E-state index in [1.165, 1.54) is 141 Å². The van der Waals surface area contributed by atoms with Gasteiger partial charge in [0.25, 0.3) is 0 Å². The molecule has 0 aromatic rings. The molecule has 0 bridgehead atoms. The Hall–Kier alpha value is -1.59. The minimum absolute atomic E-state index is 0.0656. The maximum atomic E-state index is 12.7. The van der Waals surface area contributed by atoms with Crippen LogP contribution < -0.4 is 0 Å². The first-order valence-electron chi connectivity index (χ1n) is 23.3. The second kappa shape index (κ2) is 40.1. The number of esters is 3. The summed E-state index contributed by atoms with van der Waals surface area (Å²) in [5.41, 5.74) is 0. The van der Waals surface area contributed by atoms with Crippen LogP contribution in [0.5, 0.6) is 0 Å². The fourth-order valence-corrected chi connectivity index (χ4v) is 6.90. The second-order valence-electron chi connectivity index (χ2n) is 16.8. The third-order valence-corrected chi connectivity index (χ3v) is 10.8. The van der Waals surface area contributed by atoms with Gasteiger partial charge in [0.2, 0.25) is 0 Å². The van der Waals surface area contributed by atoms with Gasteiger partial charge in [0.1, 0.15) is 13.2 Å². The molecule has 0 amide bonds. The third kappa shape index (κ3) is 39.9. The Morgan fingerprint density at radius 2 is 0.717 bits per heavy atom. The molecule has 0 spiro atoms. The number of rotatable bonds is 41. The van der Waals surface area contributed by atoms with Crippen LogP contribution in [0.4, 0.5) is 0 Å². The largest absolute Gasteiger partial charge is 0.462 e. The highest BCUT2D eigenvalue weighted by Gasteiger charge is 2.19. The molecule has 0 aromatic heterocycles. The lowest BCUT2D eigenvalue weighted by Gasteiger charge is -2.18. The smallest absolute Gasteiger partial charge is 0.306 e. The van der Waals surface area contributed by atoms with E-state index in [2.05, 4.69) is 34.6 Å². The quantitative estimate of drug-likeness (QED) is 0.0352. The molecule has 0 saturated heterocycles. The molecule has 0 heterocycles. The zero-order valence-electron chi connectivity index (χ0n) is 36.1. The van der Waals surface area contributed by atoms with Crippen molar-refractivity contribution in [3.05, 3.63) is 0 Å². The van der Waals surface area contributed by atoms with E-state index in [0.29, 0.717) is 19.3 Å². The van der Waals surface area contributed by atoms with E-state index in [-0.39, 0.29) is 31.1 Å². The first kappa shape index (κ1) is 51.4. The zero-order chi connectivity index (χ0) is 39.0. The first-order valence-corrected chi connectivity index (χ1v) is 23.3. The van der Waals surface area contributed by atoms with Crippen molar-refractivity contribution < 1.29 is 28.6 Å². The molecule has 2 atom stereocenters. The Labute approximate surface area is 329 Å². The van der Waals surface area contributed by atoms with Gasteiger partial charge in [-0.3, -0.25) is 14.4 Å². The molecule has 0 rings (SSSR count). The Morgan fingerprint density at radius 1 is 0.396 bits per heavy atom. The second-order valence-corrected chi connectivity index (χ2v) is 16.8. The van der Waals surface area contributed by atoms with Crippen LogP contribution in [-0.2, 0) is 28.6 Å². The summed E-state index contributed by atoms with van der Waals surface area (Å²) >= 11 is 0.